The second kappa shape index (κ2) is 5.88. The van der Waals surface area contributed by atoms with E-state index in [1.165, 1.54) is 0 Å². The summed E-state index contributed by atoms with van der Waals surface area (Å²) in [5.74, 6) is 0.788. The highest BCUT2D eigenvalue weighted by molar-refractivity contribution is 7.98. The van der Waals surface area contributed by atoms with Gasteiger partial charge in [-0.15, -0.1) is 16.9 Å². The lowest BCUT2D eigenvalue weighted by molar-refractivity contribution is 0.101. The first-order chi connectivity index (χ1) is 9.10. The number of H-pyrrole nitrogens is 1. The van der Waals surface area contributed by atoms with E-state index in [0.717, 1.165) is 10.6 Å². The maximum absolute atomic E-state index is 12.0. The standard InChI is InChI=1S/C13H16N4OS/c1-8(2)11-15-12(17-16-11)13(18)14-9-5-4-6-10(7-9)19-3/h4-8H,1-3H3,(H,14,18)(H,15,16,17). The Bertz CT molecular complexity index is 580. The first kappa shape index (κ1) is 13.6. The van der Waals surface area contributed by atoms with Crippen LogP contribution >= 0.6 is 11.8 Å². The molecule has 0 fully saturated rings. The van der Waals surface area contributed by atoms with E-state index in [4.69, 9.17) is 0 Å². The third-order valence-corrected chi connectivity index (χ3v) is 3.31. The summed E-state index contributed by atoms with van der Waals surface area (Å²) in [7, 11) is 0. The van der Waals surface area contributed by atoms with Gasteiger partial charge in [-0.3, -0.25) is 9.89 Å². The number of hydrogen-bond donors (Lipinski definition) is 2. The summed E-state index contributed by atoms with van der Waals surface area (Å²) in [5, 5.41) is 9.48. The summed E-state index contributed by atoms with van der Waals surface area (Å²) in [6.07, 6.45) is 1.99. The van der Waals surface area contributed by atoms with E-state index in [1.807, 2.05) is 44.4 Å². The van der Waals surface area contributed by atoms with Crippen molar-refractivity contribution in [3.05, 3.63) is 35.9 Å². The number of aromatic nitrogens is 3. The summed E-state index contributed by atoms with van der Waals surface area (Å²) >= 11 is 1.63. The molecule has 2 N–H and O–H groups in total. The van der Waals surface area contributed by atoms with Crippen molar-refractivity contribution in [3.63, 3.8) is 0 Å². The van der Waals surface area contributed by atoms with Crippen molar-refractivity contribution < 1.29 is 4.79 Å². The number of amides is 1. The SMILES string of the molecule is CSc1cccc(NC(=O)c2n[nH]c(C(C)C)n2)c1. The third kappa shape index (κ3) is 3.35. The third-order valence-electron chi connectivity index (χ3n) is 2.58. The summed E-state index contributed by atoms with van der Waals surface area (Å²) in [5.41, 5.74) is 0.743. The fourth-order valence-electron chi connectivity index (χ4n) is 1.52. The molecule has 19 heavy (non-hydrogen) atoms. The van der Waals surface area contributed by atoms with Crippen LogP contribution in [0.25, 0.3) is 0 Å². The molecule has 100 valence electrons. The number of carbonyl (C=O) groups is 1. The van der Waals surface area contributed by atoms with Crippen molar-refractivity contribution in [2.45, 2.75) is 24.7 Å². The van der Waals surface area contributed by atoms with Crippen molar-refractivity contribution in [2.75, 3.05) is 11.6 Å². The molecule has 0 unspecified atom stereocenters. The Labute approximate surface area is 116 Å². The molecular formula is C13H16N4OS. The van der Waals surface area contributed by atoms with Crippen molar-refractivity contribution in [3.8, 4) is 0 Å². The van der Waals surface area contributed by atoms with Gasteiger partial charge < -0.3 is 5.32 Å². The molecule has 0 atom stereocenters. The van der Waals surface area contributed by atoms with E-state index >= 15 is 0 Å². The predicted octanol–water partition coefficient (Wildman–Crippen LogP) is 2.90. The van der Waals surface area contributed by atoms with Crippen LogP contribution in [0.15, 0.2) is 29.2 Å². The molecule has 0 aliphatic carbocycles. The van der Waals surface area contributed by atoms with Crippen molar-refractivity contribution in [2.24, 2.45) is 0 Å². The highest BCUT2D eigenvalue weighted by Crippen LogP contribution is 2.19. The van der Waals surface area contributed by atoms with Gasteiger partial charge in [0.05, 0.1) is 0 Å². The molecule has 0 radical (unpaired) electrons. The quantitative estimate of drug-likeness (QED) is 0.842. The van der Waals surface area contributed by atoms with Crippen LogP contribution in [0.2, 0.25) is 0 Å². The number of rotatable bonds is 4. The minimum Gasteiger partial charge on any atom is -0.319 e. The zero-order valence-electron chi connectivity index (χ0n) is 11.1. The van der Waals surface area contributed by atoms with Crippen LogP contribution in [0.4, 0.5) is 5.69 Å². The van der Waals surface area contributed by atoms with E-state index in [2.05, 4.69) is 20.5 Å². The normalized spacial score (nSPS) is 10.7. The smallest absolute Gasteiger partial charge is 0.295 e. The van der Waals surface area contributed by atoms with Crippen LogP contribution in [0.5, 0.6) is 0 Å². The van der Waals surface area contributed by atoms with Crippen LogP contribution in [-0.4, -0.2) is 27.3 Å². The molecule has 0 spiro atoms. The maximum Gasteiger partial charge on any atom is 0.295 e. The van der Waals surface area contributed by atoms with Gasteiger partial charge in [-0.25, -0.2) is 4.98 Å². The first-order valence-corrected chi connectivity index (χ1v) is 7.20. The zero-order valence-corrected chi connectivity index (χ0v) is 11.9. The molecule has 2 rings (SSSR count). The summed E-state index contributed by atoms with van der Waals surface area (Å²) in [6, 6.07) is 7.65. The molecule has 1 heterocycles. The number of carbonyl (C=O) groups excluding carboxylic acids is 1. The van der Waals surface area contributed by atoms with Crippen LogP contribution in [0.3, 0.4) is 0 Å². The molecule has 0 saturated heterocycles. The number of nitrogens with zero attached hydrogens (tertiary/aromatic N) is 2. The molecule has 0 saturated carbocycles. The monoisotopic (exact) mass is 276 g/mol. The maximum atomic E-state index is 12.0. The largest absolute Gasteiger partial charge is 0.319 e. The van der Waals surface area contributed by atoms with Crippen molar-refractivity contribution in [1.82, 2.24) is 15.2 Å². The van der Waals surface area contributed by atoms with Crippen LogP contribution < -0.4 is 5.32 Å². The van der Waals surface area contributed by atoms with Crippen molar-refractivity contribution in [1.29, 1.82) is 0 Å². The minimum atomic E-state index is -0.304. The van der Waals surface area contributed by atoms with Gasteiger partial charge in [0.2, 0.25) is 5.82 Å². The number of anilines is 1. The average molecular weight is 276 g/mol. The Morgan fingerprint density at radius 2 is 2.21 bits per heavy atom. The number of aromatic amines is 1. The summed E-state index contributed by atoms with van der Waals surface area (Å²) < 4.78 is 0. The van der Waals surface area contributed by atoms with Gasteiger partial charge in [0.25, 0.3) is 5.91 Å². The molecular weight excluding hydrogens is 260 g/mol. The lowest BCUT2D eigenvalue weighted by Gasteiger charge is -2.04. The second-order valence-corrected chi connectivity index (χ2v) is 5.26. The van der Waals surface area contributed by atoms with E-state index in [0.29, 0.717) is 5.82 Å². The Morgan fingerprint density at radius 1 is 1.42 bits per heavy atom. The van der Waals surface area contributed by atoms with Gasteiger partial charge in [-0.05, 0) is 24.5 Å². The molecule has 0 aliphatic heterocycles. The Kier molecular flexibility index (Phi) is 4.21. The molecule has 1 aromatic carbocycles. The van der Waals surface area contributed by atoms with Gasteiger partial charge in [-0.2, -0.15) is 0 Å². The molecule has 0 aliphatic rings. The lowest BCUT2D eigenvalue weighted by Crippen LogP contribution is -2.13. The fraction of sp³-hybridized carbons (Fsp3) is 0.308. The van der Waals surface area contributed by atoms with E-state index < -0.39 is 0 Å². The molecule has 0 bridgehead atoms. The lowest BCUT2D eigenvalue weighted by atomic mass is 10.2. The first-order valence-electron chi connectivity index (χ1n) is 5.98. The van der Waals surface area contributed by atoms with Crippen LogP contribution in [0, 0.1) is 0 Å². The number of nitrogens with one attached hydrogen (secondary N) is 2. The Hall–Kier alpha value is -1.82. The van der Waals surface area contributed by atoms with Gasteiger partial charge in [0.15, 0.2) is 0 Å². The molecule has 5 nitrogen and oxygen atoms in total. The number of thioether (sulfide) groups is 1. The van der Waals surface area contributed by atoms with Crippen LogP contribution in [0.1, 0.15) is 36.2 Å². The van der Waals surface area contributed by atoms with E-state index in [-0.39, 0.29) is 17.6 Å². The second-order valence-electron chi connectivity index (χ2n) is 4.39. The minimum absolute atomic E-state index is 0.165. The highest BCUT2D eigenvalue weighted by atomic mass is 32.2. The Morgan fingerprint density at radius 3 is 2.84 bits per heavy atom. The summed E-state index contributed by atoms with van der Waals surface area (Å²) in [4.78, 5) is 17.2. The van der Waals surface area contributed by atoms with E-state index in [1.54, 1.807) is 11.8 Å². The fourth-order valence-corrected chi connectivity index (χ4v) is 1.98. The number of benzene rings is 1. The average Bonchev–Trinajstić information content (AvgIpc) is 2.89. The molecule has 6 heteroatoms. The molecule has 1 aromatic heterocycles. The number of hydrogen-bond acceptors (Lipinski definition) is 4. The molecule has 1 amide bonds. The summed E-state index contributed by atoms with van der Waals surface area (Å²) in [6.45, 7) is 3.98. The Balaban J connectivity index is 2.11. The van der Waals surface area contributed by atoms with Crippen LogP contribution in [-0.2, 0) is 0 Å². The zero-order chi connectivity index (χ0) is 13.8. The topological polar surface area (TPSA) is 70.7 Å². The van der Waals surface area contributed by atoms with Gasteiger partial charge in [0, 0.05) is 16.5 Å². The van der Waals surface area contributed by atoms with Gasteiger partial charge >= 0.3 is 0 Å². The van der Waals surface area contributed by atoms with Crippen molar-refractivity contribution >= 4 is 23.4 Å². The van der Waals surface area contributed by atoms with Gasteiger partial charge in [0.1, 0.15) is 5.82 Å². The highest BCUT2D eigenvalue weighted by Gasteiger charge is 2.14. The molecule has 2 aromatic rings. The van der Waals surface area contributed by atoms with Gasteiger partial charge in [-0.1, -0.05) is 19.9 Å². The van der Waals surface area contributed by atoms with E-state index in [9.17, 15) is 4.79 Å². The predicted molar refractivity (Wildman–Crippen MR) is 76.6 cm³/mol.